The summed E-state index contributed by atoms with van der Waals surface area (Å²) >= 11 is 1.70. The Morgan fingerprint density at radius 1 is 1.44 bits per heavy atom. The van der Waals surface area contributed by atoms with Crippen LogP contribution in [-0.4, -0.2) is 16.9 Å². The van der Waals surface area contributed by atoms with Gasteiger partial charge in [0, 0.05) is 11.4 Å². The Morgan fingerprint density at radius 3 is 2.78 bits per heavy atom. The molecule has 3 nitrogen and oxygen atoms in total. The molecule has 0 spiro atoms. The first-order chi connectivity index (χ1) is 8.52. The first kappa shape index (κ1) is 14.9. The van der Waals surface area contributed by atoms with Crippen LogP contribution in [0.25, 0.3) is 0 Å². The first-order valence-corrected chi connectivity index (χ1v) is 7.35. The lowest BCUT2D eigenvalue weighted by Crippen LogP contribution is -2.23. The maximum atomic E-state index is 12.0. The van der Waals surface area contributed by atoms with Crippen LogP contribution in [-0.2, 0) is 4.79 Å². The Bertz CT molecular complexity index is 395. The van der Waals surface area contributed by atoms with Gasteiger partial charge in [-0.15, -0.1) is 11.8 Å². The standard InChI is InChI=1S/C14H22N2OS/c1-4-10(2)9-18-11(3)14(17)16-13-7-5-6-12(15)8-13/h5-8,10-11H,4,9,15H2,1-3H3,(H,16,17). The third kappa shape index (κ3) is 5.00. The van der Waals surface area contributed by atoms with Crippen LogP contribution in [0.2, 0.25) is 0 Å². The normalized spacial score (nSPS) is 13.9. The number of amides is 1. The summed E-state index contributed by atoms with van der Waals surface area (Å²) in [7, 11) is 0. The molecule has 1 aromatic rings. The Labute approximate surface area is 114 Å². The van der Waals surface area contributed by atoms with E-state index in [9.17, 15) is 4.79 Å². The van der Waals surface area contributed by atoms with E-state index in [-0.39, 0.29) is 11.2 Å². The fourth-order valence-electron chi connectivity index (χ4n) is 1.36. The zero-order valence-corrected chi connectivity index (χ0v) is 12.1. The summed E-state index contributed by atoms with van der Waals surface area (Å²) in [6, 6.07) is 7.25. The van der Waals surface area contributed by atoms with Gasteiger partial charge < -0.3 is 11.1 Å². The highest BCUT2D eigenvalue weighted by molar-refractivity contribution is 8.00. The van der Waals surface area contributed by atoms with Gasteiger partial charge in [0.05, 0.1) is 5.25 Å². The summed E-state index contributed by atoms with van der Waals surface area (Å²) in [5, 5.41) is 2.84. The van der Waals surface area contributed by atoms with Gasteiger partial charge in [-0.25, -0.2) is 0 Å². The highest BCUT2D eigenvalue weighted by Gasteiger charge is 2.14. The van der Waals surface area contributed by atoms with Gasteiger partial charge in [-0.2, -0.15) is 0 Å². The van der Waals surface area contributed by atoms with E-state index in [1.54, 1.807) is 23.9 Å². The molecule has 2 unspecified atom stereocenters. The second-order valence-electron chi connectivity index (χ2n) is 4.60. The van der Waals surface area contributed by atoms with Gasteiger partial charge in [0.25, 0.3) is 0 Å². The van der Waals surface area contributed by atoms with E-state index in [1.807, 2.05) is 19.1 Å². The second kappa shape index (κ2) is 7.31. The van der Waals surface area contributed by atoms with Crippen molar-refractivity contribution >= 4 is 29.0 Å². The Kier molecular flexibility index (Phi) is 6.05. The van der Waals surface area contributed by atoms with Crippen molar-refractivity contribution in [3.05, 3.63) is 24.3 Å². The molecule has 4 heteroatoms. The lowest BCUT2D eigenvalue weighted by Gasteiger charge is -2.14. The minimum absolute atomic E-state index is 0.0360. The van der Waals surface area contributed by atoms with Crippen molar-refractivity contribution in [3.63, 3.8) is 0 Å². The predicted octanol–water partition coefficient (Wildman–Crippen LogP) is 3.38. The van der Waals surface area contributed by atoms with E-state index in [1.165, 1.54) is 0 Å². The SMILES string of the molecule is CCC(C)CSC(C)C(=O)Nc1cccc(N)c1. The number of hydrogen-bond acceptors (Lipinski definition) is 3. The number of rotatable bonds is 6. The minimum Gasteiger partial charge on any atom is -0.399 e. The van der Waals surface area contributed by atoms with Crippen LogP contribution >= 0.6 is 11.8 Å². The molecule has 0 saturated heterocycles. The summed E-state index contributed by atoms with van der Waals surface area (Å²) < 4.78 is 0. The number of benzene rings is 1. The molecular weight excluding hydrogens is 244 g/mol. The van der Waals surface area contributed by atoms with Crippen LogP contribution in [0.4, 0.5) is 11.4 Å². The Morgan fingerprint density at radius 2 is 2.17 bits per heavy atom. The smallest absolute Gasteiger partial charge is 0.237 e. The largest absolute Gasteiger partial charge is 0.399 e. The molecule has 0 aliphatic rings. The summed E-state index contributed by atoms with van der Waals surface area (Å²) in [5.41, 5.74) is 7.09. The molecule has 0 saturated carbocycles. The lowest BCUT2D eigenvalue weighted by atomic mass is 10.2. The summed E-state index contributed by atoms with van der Waals surface area (Å²) in [4.78, 5) is 12.0. The molecule has 0 radical (unpaired) electrons. The van der Waals surface area contributed by atoms with Gasteiger partial charge in [0.2, 0.25) is 5.91 Å². The van der Waals surface area contributed by atoms with Gasteiger partial charge in [-0.3, -0.25) is 4.79 Å². The average Bonchev–Trinajstić information content (AvgIpc) is 2.35. The number of nitrogens with two attached hydrogens (primary N) is 1. The van der Waals surface area contributed by atoms with Gasteiger partial charge in [0.1, 0.15) is 0 Å². The number of nitrogens with one attached hydrogen (secondary N) is 1. The molecule has 18 heavy (non-hydrogen) atoms. The van der Waals surface area contributed by atoms with Crippen molar-refractivity contribution in [2.75, 3.05) is 16.8 Å². The molecule has 1 rings (SSSR count). The number of thioether (sulfide) groups is 1. The minimum atomic E-state index is -0.0413. The molecular formula is C14H22N2OS. The van der Waals surface area contributed by atoms with E-state index in [0.717, 1.165) is 17.9 Å². The summed E-state index contributed by atoms with van der Waals surface area (Å²) in [6.07, 6.45) is 1.15. The van der Waals surface area contributed by atoms with E-state index in [2.05, 4.69) is 19.2 Å². The summed E-state index contributed by atoms with van der Waals surface area (Å²) in [6.45, 7) is 6.31. The van der Waals surface area contributed by atoms with E-state index >= 15 is 0 Å². The molecule has 2 atom stereocenters. The molecule has 0 bridgehead atoms. The Hall–Kier alpha value is -1.16. The van der Waals surface area contributed by atoms with Crippen molar-refractivity contribution < 1.29 is 4.79 Å². The zero-order valence-electron chi connectivity index (χ0n) is 11.3. The van der Waals surface area contributed by atoms with Crippen LogP contribution in [0.1, 0.15) is 27.2 Å². The molecule has 3 N–H and O–H groups in total. The fraction of sp³-hybridized carbons (Fsp3) is 0.500. The van der Waals surface area contributed by atoms with Crippen molar-refractivity contribution in [2.45, 2.75) is 32.4 Å². The topological polar surface area (TPSA) is 55.1 Å². The molecule has 1 aromatic carbocycles. The molecule has 0 aliphatic carbocycles. The van der Waals surface area contributed by atoms with Crippen LogP contribution in [0.3, 0.4) is 0 Å². The van der Waals surface area contributed by atoms with Gasteiger partial charge in [-0.05, 0) is 36.8 Å². The van der Waals surface area contributed by atoms with Crippen molar-refractivity contribution in [2.24, 2.45) is 5.92 Å². The molecule has 100 valence electrons. The highest BCUT2D eigenvalue weighted by atomic mass is 32.2. The molecule has 0 heterocycles. The molecule has 0 fully saturated rings. The lowest BCUT2D eigenvalue weighted by molar-refractivity contribution is -0.115. The van der Waals surface area contributed by atoms with E-state index in [4.69, 9.17) is 5.73 Å². The number of carbonyl (C=O) groups excluding carboxylic acids is 1. The number of hydrogen-bond donors (Lipinski definition) is 2. The Balaban J connectivity index is 2.45. The average molecular weight is 266 g/mol. The monoisotopic (exact) mass is 266 g/mol. The number of carbonyl (C=O) groups is 1. The van der Waals surface area contributed by atoms with E-state index in [0.29, 0.717) is 11.6 Å². The van der Waals surface area contributed by atoms with Crippen molar-refractivity contribution in [1.82, 2.24) is 0 Å². The fourth-order valence-corrected chi connectivity index (χ4v) is 2.43. The number of anilines is 2. The second-order valence-corrected chi connectivity index (χ2v) is 5.98. The predicted molar refractivity (Wildman–Crippen MR) is 80.9 cm³/mol. The first-order valence-electron chi connectivity index (χ1n) is 6.31. The zero-order chi connectivity index (χ0) is 13.5. The maximum Gasteiger partial charge on any atom is 0.237 e. The van der Waals surface area contributed by atoms with Crippen molar-refractivity contribution in [3.8, 4) is 0 Å². The van der Waals surface area contributed by atoms with Gasteiger partial charge in [-0.1, -0.05) is 26.3 Å². The number of nitrogen functional groups attached to an aromatic ring is 1. The summed E-state index contributed by atoms with van der Waals surface area (Å²) in [5.74, 6) is 1.70. The van der Waals surface area contributed by atoms with Crippen LogP contribution in [0.5, 0.6) is 0 Å². The van der Waals surface area contributed by atoms with Gasteiger partial charge >= 0.3 is 0 Å². The van der Waals surface area contributed by atoms with Crippen molar-refractivity contribution in [1.29, 1.82) is 0 Å². The van der Waals surface area contributed by atoms with E-state index < -0.39 is 0 Å². The highest BCUT2D eigenvalue weighted by Crippen LogP contribution is 2.19. The van der Waals surface area contributed by atoms with Crippen LogP contribution in [0, 0.1) is 5.92 Å². The third-order valence-corrected chi connectivity index (χ3v) is 4.33. The molecule has 0 aliphatic heterocycles. The van der Waals surface area contributed by atoms with Crippen LogP contribution in [0.15, 0.2) is 24.3 Å². The van der Waals surface area contributed by atoms with Crippen LogP contribution < -0.4 is 11.1 Å². The quantitative estimate of drug-likeness (QED) is 0.776. The maximum absolute atomic E-state index is 12.0. The third-order valence-electron chi connectivity index (χ3n) is 2.85. The molecule has 0 aromatic heterocycles. The molecule has 1 amide bonds. The van der Waals surface area contributed by atoms with Gasteiger partial charge in [0.15, 0.2) is 0 Å².